The number of carbonyl (C=O) groups excluding carboxylic acids is 1. The standard InChI is InChI=1S/C28H28N2O5/c1-3-30(4-2)17-18-34-24-15-9-20(10-16-24)27(33)25-26(19-5-11-22(31)12-6-19)29-35-28(25)21-7-13-23(32)14-8-21/h5-16,31-32H,3-4,17-18H2,1-2H3. The molecule has 1 heterocycles. The minimum atomic E-state index is -0.257. The molecule has 0 aliphatic carbocycles. The molecule has 0 aliphatic rings. The van der Waals surface area contributed by atoms with Crippen molar-refractivity contribution in [1.82, 2.24) is 10.1 Å². The van der Waals surface area contributed by atoms with Crippen molar-refractivity contribution in [3.8, 4) is 39.8 Å². The number of likely N-dealkylation sites (N-methyl/N-ethyl adjacent to an activating group) is 1. The predicted molar refractivity (Wildman–Crippen MR) is 134 cm³/mol. The van der Waals surface area contributed by atoms with Crippen LogP contribution in [0.15, 0.2) is 77.3 Å². The monoisotopic (exact) mass is 472 g/mol. The number of hydrogen-bond donors (Lipinski definition) is 2. The summed E-state index contributed by atoms with van der Waals surface area (Å²) in [5, 5.41) is 23.5. The molecule has 7 heteroatoms. The van der Waals surface area contributed by atoms with Crippen LogP contribution in [0.1, 0.15) is 29.8 Å². The molecule has 0 saturated carbocycles. The largest absolute Gasteiger partial charge is 0.508 e. The molecule has 3 aromatic carbocycles. The number of nitrogens with zero attached hydrogens (tertiary/aromatic N) is 2. The van der Waals surface area contributed by atoms with Gasteiger partial charge in [0.05, 0.1) is 5.56 Å². The van der Waals surface area contributed by atoms with Crippen LogP contribution in [0, 0.1) is 0 Å². The van der Waals surface area contributed by atoms with Gasteiger partial charge in [-0.15, -0.1) is 0 Å². The van der Waals surface area contributed by atoms with E-state index in [1.165, 1.54) is 24.3 Å². The molecule has 2 N–H and O–H groups in total. The zero-order valence-electron chi connectivity index (χ0n) is 19.8. The number of benzene rings is 3. The molecule has 0 aliphatic heterocycles. The topological polar surface area (TPSA) is 96.0 Å². The second kappa shape index (κ2) is 10.9. The van der Waals surface area contributed by atoms with Crippen LogP contribution in [0.4, 0.5) is 0 Å². The Hall–Kier alpha value is -4.10. The number of phenolic OH excluding ortho intramolecular Hbond substituents is 2. The van der Waals surface area contributed by atoms with E-state index < -0.39 is 0 Å². The minimum Gasteiger partial charge on any atom is -0.508 e. The van der Waals surface area contributed by atoms with Gasteiger partial charge in [0.2, 0.25) is 0 Å². The lowest BCUT2D eigenvalue weighted by atomic mass is 9.95. The Labute approximate surface area is 204 Å². The second-order valence-corrected chi connectivity index (χ2v) is 8.06. The quantitative estimate of drug-likeness (QED) is 0.300. The summed E-state index contributed by atoms with van der Waals surface area (Å²) in [6, 6.07) is 19.8. The molecule has 0 bridgehead atoms. The Bertz CT molecular complexity index is 1200. The van der Waals surface area contributed by atoms with Crippen LogP contribution < -0.4 is 4.74 Å². The molecule has 0 spiro atoms. The normalized spacial score (nSPS) is 11.1. The maximum Gasteiger partial charge on any atom is 0.199 e. The van der Waals surface area contributed by atoms with E-state index in [9.17, 15) is 15.0 Å². The van der Waals surface area contributed by atoms with Gasteiger partial charge in [-0.2, -0.15) is 0 Å². The van der Waals surface area contributed by atoms with E-state index in [4.69, 9.17) is 9.26 Å². The summed E-state index contributed by atoms with van der Waals surface area (Å²) in [7, 11) is 0. The Morgan fingerprint density at radius 3 is 2.00 bits per heavy atom. The molecule has 0 fully saturated rings. The highest BCUT2D eigenvalue weighted by molar-refractivity contribution is 6.15. The van der Waals surface area contributed by atoms with Gasteiger partial charge in [-0.1, -0.05) is 19.0 Å². The van der Waals surface area contributed by atoms with E-state index in [1.54, 1.807) is 48.5 Å². The van der Waals surface area contributed by atoms with Gasteiger partial charge < -0.3 is 24.4 Å². The van der Waals surface area contributed by atoms with Crippen LogP contribution in [0.5, 0.6) is 17.2 Å². The average molecular weight is 473 g/mol. The lowest BCUT2D eigenvalue weighted by molar-refractivity contribution is 0.103. The Morgan fingerprint density at radius 1 is 0.857 bits per heavy atom. The van der Waals surface area contributed by atoms with Crippen LogP contribution >= 0.6 is 0 Å². The summed E-state index contributed by atoms with van der Waals surface area (Å²) in [4.78, 5) is 16.0. The average Bonchev–Trinajstić information content (AvgIpc) is 3.32. The summed E-state index contributed by atoms with van der Waals surface area (Å²) in [6.07, 6.45) is 0. The van der Waals surface area contributed by atoms with Gasteiger partial charge in [0.1, 0.15) is 29.5 Å². The van der Waals surface area contributed by atoms with Gasteiger partial charge in [0, 0.05) is 23.2 Å². The lowest BCUT2D eigenvalue weighted by Gasteiger charge is -2.18. The smallest absolute Gasteiger partial charge is 0.199 e. The highest BCUT2D eigenvalue weighted by atomic mass is 16.5. The fourth-order valence-electron chi connectivity index (χ4n) is 3.81. The van der Waals surface area contributed by atoms with Gasteiger partial charge >= 0.3 is 0 Å². The molecule has 0 amide bonds. The first-order valence-electron chi connectivity index (χ1n) is 11.6. The number of carbonyl (C=O) groups is 1. The fraction of sp³-hybridized carbons (Fsp3) is 0.214. The Balaban J connectivity index is 1.64. The van der Waals surface area contributed by atoms with Crippen molar-refractivity contribution >= 4 is 5.78 Å². The highest BCUT2D eigenvalue weighted by Crippen LogP contribution is 2.35. The molecule has 0 saturated heterocycles. The van der Waals surface area contributed by atoms with Crippen molar-refractivity contribution in [1.29, 1.82) is 0 Å². The molecule has 4 rings (SSSR count). The maximum atomic E-state index is 13.7. The number of phenols is 2. The first-order valence-corrected chi connectivity index (χ1v) is 11.6. The molecule has 1 aromatic heterocycles. The van der Waals surface area contributed by atoms with Crippen molar-refractivity contribution in [3.63, 3.8) is 0 Å². The van der Waals surface area contributed by atoms with Crippen LogP contribution in [-0.4, -0.2) is 52.3 Å². The molecule has 0 unspecified atom stereocenters. The van der Waals surface area contributed by atoms with Crippen molar-refractivity contribution in [3.05, 3.63) is 83.9 Å². The van der Waals surface area contributed by atoms with Gasteiger partial charge in [0.15, 0.2) is 11.5 Å². The van der Waals surface area contributed by atoms with Crippen molar-refractivity contribution in [2.24, 2.45) is 0 Å². The zero-order valence-corrected chi connectivity index (χ0v) is 19.8. The predicted octanol–water partition coefficient (Wildman–Crippen LogP) is 5.37. The van der Waals surface area contributed by atoms with E-state index in [0.717, 1.165) is 19.6 Å². The second-order valence-electron chi connectivity index (χ2n) is 8.06. The summed E-state index contributed by atoms with van der Waals surface area (Å²) >= 11 is 0. The third-order valence-corrected chi connectivity index (χ3v) is 5.88. The number of rotatable bonds is 10. The van der Waals surface area contributed by atoms with Gasteiger partial charge in [-0.25, -0.2) is 0 Å². The third kappa shape index (κ3) is 5.53. The third-order valence-electron chi connectivity index (χ3n) is 5.88. The molecule has 0 atom stereocenters. The molecule has 4 aromatic rings. The summed E-state index contributed by atoms with van der Waals surface area (Å²) < 4.78 is 11.5. The molecule has 180 valence electrons. The van der Waals surface area contributed by atoms with Crippen LogP contribution in [-0.2, 0) is 0 Å². The summed E-state index contributed by atoms with van der Waals surface area (Å²) in [6.45, 7) is 7.58. The van der Waals surface area contributed by atoms with Gasteiger partial charge in [0.25, 0.3) is 0 Å². The lowest BCUT2D eigenvalue weighted by Crippen LogP contribution is -2.27. The first-order chi connectivity index (χ1) is 17.0. The number of aromatic hydroxyl groups is 2. The van der Waals surface area contributed by atoms with Gasteiger partial charge in [-0.05, 0) is 85.9 Å². The van der Waals surface area contributed by atoms with Crippen LogP contribution in [0.3, 0.4) is 0 Å². The van der Waals surface area contributed by atoms with Crippen molar-refractivity contribution in [2.45, 2.75) is 13.8 Å². The minimum absolute atomic E-state index is 0.108. The number of aromatic nitrogens is 1. The molecule has 35 heavy (non-hydrogen) atoms. The first kappa shape index (κ1) is 24.0. The van der Waals surface area contributed by atoms with Gasteiger partial charge in [-0.3, -0.25) is 4.79 Å². The maximum absolute atomic E-state index is 13.7. The summed E-state index contributed by atoms with van der Waals surface area (Å²) in [5.74, 6) is 0.957. The molecular weight excluding hydrogens is 444 g/mol. The molecular formula is C28H28N2O5. The van der Waals surface area contributed by atoms with Crippen LogP contribution in [0.25, 0.3) is 22.6 Å². The molecule has 0 radical (unpaired) electrons. The van der Waals surface area contributed by atoms with E-state index in [1.807, 2.05) is 0 Å². The molecule has 7 nitrogen and oxygen atoms in total. The Kier molecular flexibility index (Phi) is 7.48. The SMILES string of the molecule is CCN(CC)CCOc1ccc(C(=O)c2c(-c3ccc(O)cc3)noc2-c2ccc(O)cc2)cc1. The van der Waals surface area contributed by atoms with Crippen molar-refractivity contribution in [2.75, 3.05) is 26.2 Å². The highest BCUT2D eigenvalue weighted by Gasteiger charge is 2.26. The number of ether oxygens (including phenoxy) is 1. The summed E-state index contributed by atoms with van der Waals surface area (Å²) in [5.41, 5.74) is 2.38. The van der Waals surface area contributed by atoms with E-state index >= 15 is 0 Å². The van der Waals surface area contributed by atoms with E-state index in [0.29, 0.717) is 46.1 Å². The Morgan fingerprint density at radius 2 is 1.43 bits per heavy atom. The fourth-order valence-corrected chi connectivity index (χ4v) is 3.81. The van der Waals surface area contributed by atoms with Crippen LogP contribution in [0.2, 0.25) is 0 Å². The number of hydrogen-bond acceptors (Lipinski definition) is 7. The van der Waals surface area contributed by atoms with E-state index in [-0.39, 0.29) is 17.3 Å². The van der Waals surface area contributed by atoms with Crippen molar-refractivity contribution < 1.29 is 24.3 Å². The number of ketones is 1. The van der Waals surface area contributed by atoms with E-state index in [2.05, 4.69) is 23.9 Å². The zero-order chi connectivity index (χ0) is 24.8.